The van der Waals surface area contributed by atoms with E-state index in [2.05, 4.69) is 34.7 Å². The first-order chi connectivity index (χ1) is 6.20. The van der Waals surface area contributed by atoms with Gasteiger partial charge in [-0.05, 0) is 24.8 Å². The quantitative estimate of drug-likeness (QED) is 0.802. The van der Waals surface area contributed by atoms with Crippen molar-refractivity contribution in [1.29, 1.82) is 0 Å². The summed E-state index contributed by atoms with van der Waals surface area (Å²) in [6.45, 7) is 8.26. The van der Waals surface area contributed by atoms with E-state index < -0.39 is 0 Å². The third-order valence-electron chi connectivity index (χ3n) is 3.01. The second-order valence-corrected chi connectivity index (χ2v) is 5.29. The summed E-state index contributed by atoms with van der Waals surface area (Å²) in [5, 5.41) is 3.44. The van der Waals surface area contributed by atoms with Crippen LogP contribution in [-0.4, -0.2) is 13.1 Å². The highest BCUT2D eigenvalue weighted by Crippen LogP contribution is 2.28. The lowest BCUT2D eigenvalue weighted by atomic mass is 9.80. The second-order valence-electron chi connectivity index (χ2n) is 4.17. The Balaban J connectivity index is 2.15. The van der Waals surface area contributed by atoms with E-state index in [1.54, 1.807) is 0 Å². The highest BCUT2D eigenvalue weighted by Gasteiger charge is 2.20. The molecular formula is C11H20BrN. The highest BCUT2D eigenvalue weighted by atomic mass is 79.9. The van der Waals surface area contributed by atoms with Crippen molar-refractivity contribution in [3.05, 3.63) is 11.1 Å². The summed E-state index contributed by atoms with van der Waals surface area (Å²) in [6, 6.07) is 0. The van der Waals surface area contributed by atoms with Crippen molar-refractivity contribution in [2.24, 2.45) is 11.8 Å². The van der Waals surface area contributed by atoms with Gasteiger partial charge in [0.25, 0.3) is 0 Å². The molecule has 0 aromatic carbocycles. The van der Waals surface area contributed by atoms with E-state index in [0.717, 1.165) is 29.4 Å². The molecule has 0 aromatic heterocycles. The minimum absolute atomic E-state index is 0.889. The van der Waals surface area contributed by atoms with Crippen molar-refractivity contribution in [2.75, 3.05) is 13.1 Å². The minimum Gasteiger partial charge on any atom is -0.312 e. The van der Waals surface area contributed by atoms with E-state index in [9.17, 15) is 0 Å². The molecule has 0 bridgehead atoms. The predicted molar refractivity (Wildman–Crippen MR) is 62.1 cm³/mol. The van der Waals surface area contributed by atoms with Gasteiger partial charge in [-0.1, -0.05) is 48.7 Å². The van der Waals surface area contributed by atoms with Crippen molar-refractivity contribution in [1.82, 2.24) is 5.32 Å². The fraction of sp³-hybridized carbons (Fsp3) is 0.818. The Bertz CT molecular complexity index is 167. The molecule has 2 atom stereocenters. The van der Waals surface area contributed by atoms with E-state index in [1.165, 1.54) is 25.7 Å². The van der Waals surface area contributed by atoms with Crippen LogP contribution in [0.5, 0.6) is 0 Å². The summed E-state index contributed by atoms with van der Waals surface area (Å²) < 4.78 is 1.05. The van der Waals surface area contributed by atoms with Gasteiger partial charge in [-0.25, -0.2) is 0 Å². The average molecular weight is 246 g/mol. The molecule has 13 heavy (non-hydrogen) atoms. The van der Waals surface area contributed by atoms with Crippen LogP contribution in [0.3, 0.4) is 0 Å². The molecule has 0 saturated heterocycles. The topological polar surface area (TPSA) is 12.0 Å². The Labute approximate surface area is 90.1 Å². The molecule has 2 heteroatoms. The van der Waals surface area contributed by atoms with Crippen LogP contribution >= 0.6 is 15.9 Å². The lowest BCUT2D eigenvalue weighted by Gasteiger charge is -2.28. The summed E-state index contributed by atoms with van der Waals surface area (Å²) in [4.78, 5) is 0. The van der Waals surface area contributed by atoms with Crippen LogP contribution in [0.4, 0.5) is 0 Å². The van der Waals surface area contributed by atoms with Gasteiger partial charge in [0.2, 0.25) is 0 Å². The van der Waals surface area contributed by atoms with Crippen LogP contribution in [0.15, 0.2) is 11.1 Å². The molecule has 1 aliphatic rings. The van der Waals surface area contributed by atoms with Gasteiger partial charge < -0.3 is 5.32 Å². The zero-order chi connectivity index (χ0) is 9.68. The van der Waals surface area contributed by atoms with Gasteiger partial charge in [0, 0.05) is 11.0 Å². The maximum absolute atomic E-state index is 3.81. The Morgan fingerprint density at radius 2 is 2.15 bits per heavy atom. The lowest BCUT2D eigenvalue weighted by molar-refractivity contribution is 0.250. The molecule has 0 heterocycles. The zero-order valence-corrected chi connectivity index (χ0v) is 10.1. The van der Waals surface area contributed by atoms with Gasteiger partial charge in [0.15, 0.2) is 0 Å². The van der Waals surface area contributed by atoms with Gasteiger partial charge in [-0.3, -0.25) is 0 Å². The highest BCUT2D eigenvalue weighted by molar-refractivity contribution is 9.11. The first-order valence-corrected chi connectivity index (χ1v) is 6.03. The molecule has 2 unspecified atom stereocenters. The predicted octanol–water partition coefficient (Wildman–Crippen LogP) is 3.31. The molecule has 1 saturated carbocycles. The summed E-state index contributed by atoms with van der Waals surface area (Å²) >= 11 is 3.36. The molecule has 1 N–H and O–H groups in total. The Morgan fingerprint density at radius 1 is 1.46 bits per heavy atom. The van der Waals surface area contributed by atoms with Crippen molar-refractivity contribution < 1.29 is 0 Å². The molecule has 0 radical (unpaired) electrons. The molecule has 0 spiro atoms. The molecule has 1 rings (SSSR count). The van der Waals surface area contributed by atoms with Crippen LogP contribution in [0.2, 0.25) is 0 Å². The molecule has 1 aliphatic carbocycles. The Kier molecular flexibility index (Phi) is 5.04. The minimum atomic E-state index is 0.889. The lowest BCUT2D eigenvalue weighted by Crippen LogP contribution is -2.29. The Hall–Kier alpha value is 0.180. The van der Waals surface area contributed by atoms with E-state index in [4.69, 9.17) is 0 Å². The number of rotatable bonds is 4. The van der Waals surface area contributed by atoms with E-state index in [0.29, 0.717) is 0 Å². The molecular weight excluding hydrogens is 226 g/mol. The summed E-state index contributed by atoms with van der Waals surface area (Å²) in [5.41, 5.74) is 0. The maximum Gasteiger partial charge on any atom is 0.0265 e. The molecule has 0 aliphatic heterocycles. The number of hydrogen-bond acceptors (Lipinski definition) is 1. The van der Waals surface area contributed by atoms with Gasteiger partial charge in [-0.2, -0.15) is 0 Å². The van der Waals surface area contributed by atoms with Gasteiger partial charge in [-0.15, -0.1) is 0 Å². The number of halogens is 1. The molecule has 1 nitrogen and oxygen atoms in total. The molecule has 0 aromatic rings. The number of nitrogens with one attached hydrogen (secondary N) is 1. The first-order valence-electron chi connectivity index (χ1n) is 5.24. The average Bonchev–Trinajstić information content (AvgIpc) is 2.08. The number of hydrogen-bond donors (Lipinski definition) is 1. The van der Waals surface area contributed by atoms with Crippen LogP contribution in [0.1, 0.15) is 32.6 Å². The molecule has 1 fully saturated rings. The van der Waals surface area contributed by atoms with E-state index >= 15 is 0 Å². The summed E-state index contributed by atoms with van der Waals surface area (Å²) in [6.07, 6.45) is 5.68. The van der Waals surface area contributed by atoms with E-state index in [-0.39, 0.29) is 0 Å². The zero-order valence-electron chi connectivity index (χ0n) is 8.48. The standard InChI is InChI=1S/C11H20BrN/c1-9-5-3-4-6-11(9)8-13-7-10(2)12/h9,11,13H,2-8H2,1H3. The van der Waals surface area contributed by atoms with Gasteiger partial charge in [0.1, 0.15) is 0 Å². The SMILES string of the molecule is C=C(Br)CNCC1CCCCC1C. The second kappa shape index (κ2) is 5.82. The van der Waals surface area contributed by atoms with Crippen molar-refractivity contribution in [3.63, 3.8) is 0 Å². The van der Waals surface area contributed by atoms with Crippen molar-refractivity contribution in [2.45, 2.75) is 32.6 Å². The van der Waals surface area contributed by atoms with Crippen molar-refractivity contribution >= 4 is 15.9 Å². The third kappa shape index (κ3) is 4.28. The molecule has 0 amide bonds. The monoisotopic (exact) mass is 245 g/mol. The fourth-order valence-electron chi connectivity index (χ4n) is 2.09. The normalized spacial score (nSPS) is 28.8. The van der Waals surface area contributed by atoms with E-state index in [1.807, 2.05) is 0 Å². The van der Waals surface area contributed by atoms with Crippen LogP contribution in [0.25, 0.3) is 0 Å². The maximum atomic E-state index is 3.81. The van der Waals surface area contributed by atoms with Crippen LogP contribution in [-0.2, 0) is 0 Å². The van der Waals surface area contributed by atoms with Gasteiger partial charge in [0.05, 0.1) is 0 Å². The first kappa shape index (κ1) is 11.3. The summed E-state index contributed by atoms with van der Waals surface area (Å²) in [5.74, 6) is 1.80. The smallest absolute Gasteiger partial charge is 0.0265 e. The molecule has 76 valence electrons. The fourth-order valence-corrected chi connectivity index (χ4v) is 2.29. The van der Waals surface area contributed by atoms with Crippen LogP contribution < -0.4 is 5.32 Å². The largest absolute Gasteiger partial charge is 0.312 e. The van der Waals surface area contributed by atoms with Gasteiger partial charge >= 0.3 is 0 Å². The summed E-state index contributed by atoms with van der Waals surface area (Å²) in [7, 11) is 0. The van der Waals surface area contributed by atoms with Crippen molar-refractivity contribution in [3.8, 4) is 0 Å². The van der Waals surface area contributed by atoms with Crippen LogP contribution in [0, 0.1) is 11.8 Å². The Morgan fingerprint density at radius 3 is 2.77 bits per heavy atom. The third-order valence-corrected chi connectivity index (χ3v) is 3.29.